The fourth-order valence-electron chi connectivity index (χ4n) is 1.60. The predicted octanol–water partition coefficient (Wildman–Crippen LogP) is 2.21. The van der Waals surface area contributed by atoms with E-state index in [1.165, 1.54) is 11.3 Å². The minimum absolute atomic E-state index is 0.488. The molecule has 0 saturated carbocycles. The number of hydrogen-bond donors (Lipinski definition) is 1. The molecular weight excluding hydrogens is 186 g/mol. The highest BCUT2D eigenvalue weighted by atomic mass is 15.3. The molecule has 0 aliphatic heterocycles. The quantitative estimate of drug-likeness (QED) is 0.572. The summed E-state index contributed by atoms with van der Waals surface area (Å²) in [6, 6.07) is 0. The predicted molar refractivity (Wildman–Crippen MR) is 63.8 cm³/mol. The SMILES string of the molecule is C=CCCNCc1cn(C)nc1C(C)C. The summed E-state index contributed by atoms with van der Waals surface area (Å²) in [7, 11) is 1.97. The van der Waals surface area contributed by atoms with Crippen LogP contribution in [0, 0.1) is 0 Å². The van der Waals surface area contributed by atoms with Crippen molar-refractivity contribution < 1.29 is 0 Å². The number of hydrogen-bond acceptors (Lipinski definition) is 2. The fourth-order valence-corrected chi connectivity index (χ4v) is 1.60. The van der Waals surface area contributed by atoms with Crippen molar-refractivity contribution in [3.05, 3.63) is 30.1 Å². The summed E-state index contributed by atoms with van der Waals surface area (Å²) in [6.07, 6.45) is 5.03. The van der Waals surface area contributed by atoms with E-state index in [2.05, 4.69) is 37.0 Å². The van der Waals surface area contributed by atoms with Gasteiger partial charge in [-0.05, 0) is 18.9 Å². The van der Waals surface area contributed by atoms with Crippen LogP contribution in [0.15, 0.2) is 18.9 Å². The first-order valence-electron chi connectivity index (χ1n) is 5.49. The lowest BCUT2D eigenvalue weighted by Crippen LogP contribution is -2.14. The van der Waals surface area contributed by atoms with Gasteiger partial charge in [-0.15, -0.1) is 6.58 Å². The third kappa shape index (κ3) is 3.51. The van der Waals surface area contributed by atoms with Crippen LogP contribution in [0.2, 0.25) is 0 Å². The molecule has 0 unspecified atom stereocenters. The maximum Gasteiger partial charge on any atom is 0.0694 e. The maximum absolute atomic E-state index is 4.47. The van der Waals surface area contributed by atoms with Gasteiger partial charge in [-0.3, -0.25) is 4.68 Å². The molecule has 0 bridgehead atoms. The molecule has 84 valence electrons. The topological polar surface area (TPSA) is 29.9 Å². The molecule has 0 saturated heterocycles. The smallest absolute Gasteiger partial charge is 0.0694 e. The average molecular weight is 207 g/mol. The highest BCUT2D eigenvalue weighted by molar-refractivity contribution is 5.19. The Morgan fingerprint density at radius 1 is 1.60 bits per heavy atom. The maximum atomic E-state index is 4.47. The van der Waals surface area contributed by atoms with Crippen LogP contribution in [0.25, 0.3) is 0 Å². The number of nitrogens with zero attached hydrogens (tertiary/aromatic N) is 2. The van der Waals surface area contributed by atoms with Crippen LogP contribution in [0.5, 0.6) is 0 Å². The lowest BCUT2D eigenvalue weighted by Gasteiger charge is -2.05. The molecule has 0 aromatic carbocycles. The summed E-state index contributed by atoms with van der Waals surface area (Å²) >= 11 is 0. The zero-order valence-corrected chi connectivity index (χ0v) is 9.95. The van der Waals surface area contributed by atoms with E-state index in [4.69, 9.17) is 0 Å². The standard InChI is InChI=1S/C12H21N3/c1-5-6-7-13-8-11-9-15(4)14-12(11)10(2)3/h5,9-10,13H,1,6-8H2,2-4H3. The van der Waals surface area contributed by atoms with E-state index < -0.39 is 0 Å². The van der Waals surface area contributed by atoms with Crippen molar-refractivity contribution in [2.45, 2.75) is 32.7 Å². The van der Waals surface area contributed by atoms with Crippen LogP contribution >= 0.6 is 0 Å². The lowest BCUT2D eigenvalue weighted by atomic mass is 10.1. The highest BCUT2D eigenvalue weighted by Crippen LogP contribution is 2.16. The van der Waals surface area contributed by atoms with E-state index in [1.807, 2.05) is 17.8 Å². The Morgan fingerprint density at radius 3 is 2.93 bits per heavy atom. The van der Waals surface area contributed by atoms with Crippen molar-refractivity contribution in [1.29, 1.82) is 0 Å². The summed E-state index contributed by atoms with van der Waals surface area (Å²) in [6.45, 7) is 9.93. The zero-order chi connectivity index (χ0) is 11.3. The average Bonchev–Trinajstić information content (AvgIpc) is 2.55. The van der Waals surface area contributed by atoms with Crippen molar-refractivity contribution >= 4 is 0 Å². The molecule has 1 rings (SSSR count). The van der Waals surface area contributed by atoms with Gasteiger partial charge in [-0.25, -0.2) is 0 Å². The van der Waals surface area contributed by atoms with Crippen LogP contribution in [0.4, 0.5) is 0 Å². The van der Waals surface area contributed by atoms with Gasteiger partial charge in [-0.1, -0.05) is 19.9 Å². The molecule has 0 spiro atoms. The van der Waals surface area contributed by atoms with Crippen LogP contribution in [0.1, 0.15) is 37.4 Å². The third-order valence-corrected chi connectivity index (χ3v) is 2.32. The van der Waals surface area contributed by atoms with E-state index in [0.717, 1.165) is 19.5 Å². The Morgan fingerprint density at radius 2 is 2.33 bits per heavy atom. The molecule has 3 heteroatoms. The molecular formula is C12H21N3. The minimum Gasteiger partial charge on any atom is -0.312 e. The van der Waals surface area contributed by atoms with Crippen molar-refractivity contribution in [2.24, 2.45) is 7.05 Å². The lowest BCUT2D eigenvalue weighted by molar-refractivity contribution is 0.680. The molecule has 0 aliphatic carbocycles. The highest BCUT2D eigenvalue weighted by Gasteiger charge is 2.10. The van der Waals surface area contributed by atoms with E-state index in [1.54, 1.807) is 0 Å². The van der Waals surface area contributed by atoms with E-state index in [0.29, 0.717) is 5.92 Å². The van der Waals surface area contributed by atoms with E-state index >= 15 is 0 Å². The molecule has 1 N–H and O–H groups in total. The van der Waals surface area contributed by atoms with Gasteiger partial charge in [0.05, 0.1) is 5.69 Å². The van der Waals surface area contributed by atoms with Gasteiger partial charge >= 0.3 is 0 Å². The minimum atomic E-state index is 0.488. The monoisotopic (exact) mass is 207 g/mol. The zero-order valence-electron chi connectivity index (χ0n) is 9.95. The molecule has 0 atom stereocenters. The van der Waals surface area contributed by atoms with Crippen molar-refractivity contribution in [1.82, 2.24) is 15.1 Å². The summed E-state index contributed by atoms with van der Waals surface area (Å²) < 4.78 is 1.89. The second-order valence-electron chi connectivity index (χ2n) is 4.12. The van der Waals surface area contributed by atoms with Gasteiger partial charge in [0.2, 0.25) is 0 Å². The fraction of sp³-hybridized carbons (Fsp3) is 0.583. The summed E-state index contributed by atoms with van der Waals surface area (Å²) in [5.74, 6) is 0.488. The Labute approximate surface area is 92.2 Å². The normalized spacial score (nSPS) is 10.9. The van der Waals surface area contributed by atoms with Crippen LogP contribution in [-0.2, 0) is 13.6 Å². The van der Waals surface area contributed by atoms with E-state index in [9.17, 15) is 0 Å². The molecule has 0 aliphatic rings. The van der Waals surface area contributed by atoms with E-state index in [-0.39, 0.29) is 0 Å². The third-order valence-electron chi connectivity index (χ3n) is 2.32. The number of nitrogens with one attached hydrogen (secondary N) is 1. The molecule has 1 aromatic rings. The second-order valence-corrected chi connectivity index (χ2v) is 4.12. The molecule has 0 radical (unpaired) electrons. The first-order chi connectivity index (χ1) is 7.15. The van der Waals surface area contributed by atoms with Gasteiger partial charge in [0.1, 0.15) is 0 Å². The molecule has 0 fully saturated rings. The summed E-state index contributed by atoms with van der Waals surface area (Å²) in [5, 5.41) is 7.85. The second kappa shape index (κ2) is 5.71. The van der Waals surface area contributed by atoms with Crippen molar-refractivity contribution in [3.8, 4) is 0 Å². The summed E-state index contributed by atoms with van der Waals surface area (Å²) in [4.78, 5) is 0. The molecule has 1 aromatic heterocycles. The van der Waals surface area contributed by atoms with Crippen LogP contribution in [0.3, 0.4) is 0 Å². The first kappa shape index (κ1) is 12.0. The van der Waals surface area contributed by atoms with Crippen molar-refractivity contribution in [2.75, 3.05) is 6.54 Å². The van der Waals surface area contributed by atoms with Gasteiger partial charge in [-0.2, -0.15) is 5.10 Å². The number of aromatic nitrogens is 2. The molecule has 1 heterocycles. The molecule has 15 heavy (non-hydrogen) atoms. The van der Waals surface area contributed by atoms with Gasteiger partial charge in [0, 0.05) is 25.4 Å². The number of rotatable bonds is 6. The largest absolute Gasteiger partial charge is 0.312 e. The Kier molecular flexibility index (Phi) is 4.56. The number of aryl methyl sites for hydroxylation is 1. The summed E-state index contributed by atoms with van der Waals surface area (Å²) in [5.41, 5.74) is 2.50. The molecule has 3 nitrogen and oxygen atoms in total. The van der Waals surface area contributed by atoms with Gasteiger partial charge < -0.3 is 5.32 Å². The van der Waals surface area contributed by atoms with Gasteiger partial charge in [0.15, 0.2) is 0 Å². The van der Waals surface area contributed by atoms with Crippen molar-refractivity contribution in [3.63, 3.8) is 0 Å². The van der Waals surface area contributed by atoms with Gasteiger partial charge in [0.25, 0.3) is 0 Å². The Bertz CT molecular complexity index is 313. The van der Waals surface area contributed by atoms with Crippen LogP contribution in [-0.4, -0.2) is 16.3 Å². The van der Waals surface area contributed by atoms with Crippen LogP contribution < -0.4 is 5.32 Å². The Hall–Kier alpha value is -1.09. The first-order valence-corrected chi connectivity index (χ1v) is 5.49. The Balaban J connectivity index is 2.55. The molecule has 0 amide bonds.